The molecule has 4 nitrogen and oxygen atoms in total. The quantitative estimate of drug-likeness (QED) is 0.702. The first-order valence-electron chi connectivity index (χ1n) is 3.53. The van der Waals surface area contributed by atoms with Crippen LogP contribution in [0.5, 0.6) is 0 Å². The summed E-state index contributed by atoms with van der Waals surface area (Å²) >= 11 is 2.90. The van der Waals surface area contributed by atoms with Crippen molar-refractivity contribution < 1.29 is 4.79 Å². The molecule has 72 valence electrons. The van der Waals surface area contributed by atoms with Crippen molar-refractivity contribution in [2.75, 3.05) is 0 Å². The van der Waals surface area contributed by atoms with E-state index in [1.165, 1.54) is 0 Å². The van der Waals surface area contributed by atoms with Crippen LogP contribution in [0.2, 0.25) is 0 Å². The van der Waals surface area contributed by atoms with Crippen LogP contribution in [0, 0.1) is 0 Å². The summed E-state index contributed by atoms with van der Waals surface area (Å²) in [7, 11) is 0. The van der Waals surface area contributed by atoms with Gasteiger partial charge in [-0.25, -0.2) is 0 Å². The second-order valence-corrected chi connectivity index (χ2v) is 10.5. The molecular formula is C7H11BrN3OP. The first-order valence-corrected chi connectivity index (χ1v) is 7.99. The van der Waals surface area contributed by atoms with E-state index in [2.05, 4.69) is 15.5 Å². The van der Waals surface area contributed by atoms with Crippen molar-refractivity contribution in [2.24, 2.45) is 16.5 Å². The maximum atomic E-state index is 11.6. The molecule has 0 aromatic heterocycles. The average Bonchev–Trinajstić information content (AvgIpc) is 2.02. The first-order chi connectivity index (χ1) is 5.77. The molecule has 0 heterocycles. The standard InChI is InChI=1S/C7H11BrN3OP/c8-13(9,10,11)7(12)6-4-2-1-3-5-6/h1-5H,9-11H2. The van der Waals surface area contributed by atoms with E-state index in [9.17, 15) is 4.79 Å². The Morgan fingerprint density at radius 3 is 2.00 bits per heavy atom. The fourth-order valence-electron chi connectivity index (χ4n) is 0.853. The van der Waals surface area contributed by atoms with Crippen LogP contribution >= 0.6 is 21.2 Å². The molecule has 1 aromatic rings. The van der Waals surface area contributed by atoms with Crippen molar-refractivity contribution in [1.82, 2.24) is 0 Å². The predicted octanol–water partition coefficient (Wildman–Crippen LogP) is 1.31. The van der Waals surface area contributed by atoms with Crippen molar-refractivity contribution in [2.45, 2.75) is 0 Å². The number of carbonyl (C=O) groups excluding carboxylic acids is 1. The molecule has 0 spiro atoms. The van der Waals surface area contributed by atoms with Gasteiger partial charge in [-0.15, -0.1) is 0 Å². The molecular weight excluding hydrogens is 253 g/mol. The van der Waals surface area contributed by atoms with Crippen LogP contribution in [0.4, 0.5) is 0 Å². The SMILES string of the molecule is NP(N)(N)(Br)C(=O)c1ccccc1. The summed E-state index contributed by atoms with van der Waals surface area (Å²) in [4.78, 5) is 11.6. The molecule has 1 rings (SSSR count). The Labute approximate surface area is 84.3 Å². The van der Waals surface area contributed by atoms with Crippen LogP contribution in [0.1, 0.15) is 10.4 Å². The zero-order valence-corrected chi connectivity index (χ0v) is 9.33. The van der Waals surface area contributed by atoms with Crippen LogP contribution in [-0.2, 0) is 0 Å². The zero-order valence-electron chi connectivity index (χ0n) is 6.85. The van der Waals surface area contributed by atoms with E-state index in [1.807, 2.05) is 0 Å². The van der Waals surface area contributed by atoms with E-state index in [0.29, 0.717) is 5.56 Å². The zero-order chi connectivity index (χ0) is 10.1. The monoisotopic (exact) mass is 263 g/mol. The molecule has 0 saturated heterocycles. The minimum atomic E-state index is -3.79. The summed E-state index contributed by atoms with van der Waals surface area (Å²) < 4.78 is 0. The van der Waals surface area contributed by atoms with Gasteiger partial charge < -0.3 is 0 Å². The molecule has 0 fully saturated rings. The number of benzene rings is 1. The summed E-state index contributed by atoms with van der Waals surface area (Å²) in [6, 6.07) is 8.49. The molecule has 13 heavy (non-hydrogen) atoms. The van der Waals surface area contributed by atoms with Gasteiger partial charge in [0.25, 0.3) is 0 Å². The third kappa shape index (κ3) is 2.83. The number of rotatable bonds is 2. The summed E-state index contributed by atoms with van der Waals surface area (Å²) in [6.07, 6.45) is 0. The van der Waals surface area contributed by atoms with Gasteiger partial charge in [-0.3, -0.25) is 0 Å². The molecule has 0 unspecified atom stereocenters. The molecule has 0 aliphatic carbocycles. The Morgan fingerprint density at radius 1 is 1.15 bits per heavy atom. The van der Waals surface area contributed by atoms with Crippen LogP contribution in [0.3, 0.4) is 0 Å². The van der Waals surface area contributed by atoms with E-state index in [1.54, 1.807) is 30.3 Å². The van der Waals surface area contributed by atoms with Crippen molar-refractivity contribution in [1.29, 1.82) is 0 Å². The van der Waals surface area contributed by atoms with E-state index in [-0.39, 0.29) is 0 Å². The second kappa shape index (κ2) is 3.12. The van der Waals surface area contributed by atoms with Gasteiger partial charge in [0.05, 0.1) is 0 Å². The Balaban J connectivity index is 3.08. The fourth-order valence-corrected chi connectivity index (χ4v) is 2.16. The topological polar surface area (TPSA) is 95.1 Å². The van der Waals surface area contributed by atoms with Crippen LogP contribution in [0.25, 0.3) is 0 Å². The number of nitrogens with two attached hydrogens (primary N) is 3. The van der Waals surface area contributed by atoms with Crippen molar-refractivity contribution in [3.05, 3.63) is 35.9 Å². The van der Waals surface area contributed by atoms with Gasteiger partial charge in [0, 0.05) is 0 Å². The average molecular weight is 264 g/mol. The predicted molar refractivity (Wildman–Crippen MR) is 59.2 cm³/mol. The third-order valence-electron chi connectivity index (χ3n) is 1.45. The van der Waals surface area contributed by atoms with Gasteiger partial charge >= 0.3 is 84.0 Å². The summed E-state index contributed by atoms with van der Waals surface area (Å²) in [5.74, 6) is -3.79. The van der Waals surface area contributed by atoms with Gasteiger partial charge in [0.1, 0.15) is 0 Å². The molecule has 0 radical (unpaired) electrons. The molecule has 6 heteroatoms. The molecule has 0 amide bonds. The molecule has 0 bridgehead atoms. The summed E-state index contributed by atoms with van der Waals surface area (Å²) in [5.41, 5.74) is 16.5. The Bertz CT molecular complexity index is 323. The van der Waals surface area contributed by atoms with Gasteiger partial charge in [-0.1, -0.05) is 0 Å². The second-order valence-electron chi connectivity index (χ2n) is 2.88. The molecule has 0 saturated carbocycles. The van der Waals surface area contributed by atoms with Gasteiger partial charge in [0.15, 0.2) is 0 Å². The molecule has 0 atom stereocenters. The molecule has 6 N–H and O–H groups in total. The molecule has 1 aromatic carbocycles. The van der Waals surface area contributed by atoms with Gasteiger partial charge in [-0.2, -0.15) is 0 Å². The van der Waals surface area contributed by atoms with Gasteiger partial charge in [-0.05, 0) is 0 Å². The van der Waals surface area contributed by atoms with Crippen LogP contribution < -0.4 is 16.5 Å². The summed E-state index contributed by atoms with van der Waals surface area (Å²) in [6.45, 7) is 0. The molecule has 0 aliphatic rings. The fraction of sp³-hybridized carbons (Fsp3) is 0. The van der Waals surface area contributed by atoms with Crippen LogP contribution in [0.15, 0.2) is 30.3 Å². The van der Waals surface area contributed by atoms with E-state index in [0.717, 1.165) is 0 Å². The minimum absolute atomic E-state index is 0.421. The maximum absolute atomic E-state index is 11.6. The number of halogens is 1. The molecule has 0 aliphatic heterocycles. The van der Waals surface area contributed by atoms with Crippen LogP contribution in [-0.4, -0.2) is 5.52 Å². The van der Waals surface area contributed by atoms with Gasteiger partial charge in [0.2, 0.25) is 0 Å². The van der Waals surface area contributed by atoms with E-state index < -0.39 is 11.3 Å². The van der Waals surface area contributed by atoms with Crippen molar-refractivity contribution in [3.8, 4) is 0 Å². The van der Waals surface area contributed by atoms with E-state index >= 15 is 0 Å². The van der Waals surface area contributed by atoms with Crippen molar-refractivity contribution in [3.63, 3.8) is 0 Å². The number of hydrogen-bond acceptors (Lipinski definition) is 4. The Hall–Kier alpha value is -0.320. The Kier molecular flexibility index (Phi) is 2.58. The summed E-state index contributed by atoms with van der Waals surface area (Å²) in [5, 5.41) is 0. The Morgan fingerprint density at radius 2 is 1.62 bits per heavy atom. The third-order valence-corrected chi connectivity index (χ3v) is 3.53. The first kappa shape index (κ1) is 10.8. The number of carbonyl (C=O) groups is 1. The van der Waals surface area contributed by atoms with E-state index in [4.69, 9.17) is 16.5 Å². The van der Waals surface area contributed by atoms with Crippen molar-refractivity contribution >= 4 is 26.8 Å². The number of hydrogen-bond donors (Lipinski definition) is 3. The normalized spacial score (nSPS) is 14.6.